The smallest absolute Gasteiger partial charge is 0.306 e. The van der Waals surface area contributed by atoms with Crippen LogP contribution in [0.15, 0.2) is 6.07 Å². The van der Waals surface area contributed by atoms with Crippen LogP contribution in [-0.4, -0.2) is 40.9 Å². The number of carbonyl (C=O) groups excluding carboxylic acids is 1. The molecule has 1 fully saturated rings. The molecule has 126 valence electrons. The molecule has 0 spiro atoms. The molecular weight excluding hydrogens is 290 g/mol. The molecule has 2 rings (SSSR count). The summed E-state index contributed by atoms with van der Waals surface area (Å²) in [4.78, 5) is 26.2. The van der Waals surface area contributed by atoms with Crippen molar-refractivity contribution in [3.63, 3.8) is 0 Å². The first-order valence-electron chi connectivity index (χ1n) is 8.32. The molecule has 1 heterocycles. The molecule has 0 aromatic heterocycles. The second-order valence-electron chi connectivity index (χ2n) is 6.82. The summed E-state index contributed by atoms with van der Waals surface area (Å²) in [7, 11) is 0. The number of aliphatic carboxylic acids is 1. The first-order chi connectivity index (χ1) is 10.7. The number of rotatable bonds is 4. The van der Waals surface area contributed by atoms with Crippen LogP contribution < -0.4 is 0 Å². The van der Waals surface area contributed by atoms with Gasteiger partial charge in [0.1, 0.15) is 0 Å². The lowest BCUT2D eigenvalue weighted by Gasteiger charge is -2.34. The van der Waals surface area contributed by atoms with Gasteiger partial charge in [-0.1, -0.05) is 6.07 Å². The first-order valence-corrected chi connectivity index (χ1v) is 8.32. The number of Topliss-reactive ketones (excluding diaryl/α,β-unsaturated/α-hetero) is 1. The third-order valence-electron chi connectivity index (χ3n) is 5.42. The van der Waals surface area contributed by atoms with E-state index < -0.39 is 5.97 Å². The Morgan fingerprint density at radius 1 is 1.09 bits per heavy atom. The summed E-state index contributed by atoms with van der Waals surface area (Å²) in [6, 6.07) is 1.92. The van der Waals surface area contributed by atoms with Crippen molar-refractivity contribution in [1.82, 2.24) is 4.90 Å². The van der Waals surface area contributed by atoms with Gasteiger partial charge in [0.15, 0.2) is 5.78 Å². The van der Waals surface area contributed by atoms with Gasteiger partial charge in [-0.15, -0.1) is 0 Å². The third kappa shape index (κ3) is 3.47. The molecule has 0 saturated carbocycles. The van der Waals surface area contributed by atoms with Gasteiger partial charge in [-0.3, -0.25) is 14.5 Å². The molecule has 0 bridgehead atoms. The van der Waals surface area contributed by atoms with Crippen LogP contribution in [0.25, 0.3) is 0 Å². The van der Waals surface area contributed by atoms with Crippen molar-refractivity contribution >= 4 is 11.8 Å². The van der Waals surface area contributed by atoms with Crippen molar-refractivity contribution in [2.24, 2.45) is 5.92 Å². The van der Waals surface area contributed by atoms with Gasteiger partial charge in [0, 0.05) is 5.56 Å². The summed E-state index contributed by atoms with van der Waals surface area (Å²) < 4.78 is 0. The number of hydrogen-bond donors (Lipinski definition) is 1. The van der Waals surface area contributed by atoms with Crippen LogP contribution in [0.5, 0.6) is 0 Å². The number of ketones is 1. The van der Waals surface area contributed by atoms with E-state index in [-0.39, 0.29) is 17.7 Å². The van der Waals surface area contributed by atoms with Crippen LogP contribution in [-0.2, 0) is 4.79 Å². The number of piperidine rings is 1. The average molecular weight is 317 g/mol. The minimum absolute atomic E-state index is 0.153. The molecule has 1 saturated heterocycles. The topological polar surface area (TPSA) is 57.6 Å². The average Bonchev–Trinajstić information content (AvgIpc) is 2.52. The fourth-order valence-electron chi connectivity index (χ4n) is 3.49. The molecule has 0 amide bonds. The van der Waals surface area contributed by atoms with E-state index in [1.54, 1.807) is 0 Å². The standard InChI is InChI=1S/C19H27NO3/c1-11-10-12(2)14(4)17(13(11)3)18(21)15(5)20-8-6-16(7-9-20)19(22)23/h10,15-16H,6-9H2,1-5H3,(H,22,23). The Kier molecular flexibility index (Phi) is 5.25. The summed E-state index contributed by atoms with van der Waals surface area (Å²) in [5.41, 5.74) is 5.26. The van der Waals surface area contributed by atoms with Crippen molar-refractivity contribution in [3.8, 4) is 0 Å². The van der Waals surface area contributed by atoms with Crippen LogP contribution in [0, 0.1) is 33.6 Å². The molecule has 1 unspecified atom stereocenters. The van der Waals surface area contributed by atoms with Gasteiger partial charge in [-0.2, -0.15) is 0 Å². The van der Waals surface area contributed by atoms with E-state index in [1.165, 1.54) is 0 Å². The maximum Gasteiger partial charge on any atom is 0.306 e. The van der Waals surface area contributed by atoms with Gasteiger partial charge >= 0.3 is 5.97 Å². The number of nitrogens with zero attached hydrogens (tertiary/aromatic N) is 1. The molecule has 0 radical (unpaired) electrons. The number of hydrogen-bond acceptors (Lipinski definition) is 3. The van der Waals surface area contributed by atoms with Crippen molar-refractivity contribution in [2.75, 3.05) is 13.1 Å². The molecule has 1 aliphatic rings. The Labute approximate surface area is 138 Å². The lowest BCUT2D eigenvalue weighted by molar-refractivity contribution is -0.143. The minimum atomic E-state index is -0.718. The molecule has 1 aromatic rings. The minimum Gasteiger partial charge on any atom is -0.481 e. The zero-order chi connectivity index (χ0) is 17.3. The lowest BCUT2D eigenvalue weighted by atomic mass is 9.88. The molecule has 4 heteroatoms. The van der Waals surface area contributed by atoms with Gasteiger partial charge in [-0.05, 0) is 82.8 Å². The summed E-state index contributed by atoms with van der Waals surface area (Å²) in [5, 5.41) is 9.10. The van der Waals surface area contributed by atoms with Crippen LogP contribution in [0.4, 0.5) is 0 Å². The predicted octanol–water partition coefficient (Wildman–Crippen LogP) is 3.29. The van der Waals surface area contributed by atoms with Gasteiger partial charge in [0.2, 0.25) is 0 Å². The maximum absolute atomic E-state index is 13.0. The molecular formula is C19H27NO3. The Hall–Kier alpha value is -1.68. The van der Waals surface area contributed by atoms with Crippen molar-refractivity contribution in [2.45, 2.75) is 53.5 Å². The SMILES string of the molecule is Cc1cc(C)c(C)c(C(=O)C(C)N2CCC(C(=O)O)CC2)c1C. The number of carboxylic acid groups (broad SMARTS) is 1. The van der Waals surface area contributed by atoms with E-state index in [1.807, 2.05) is 34.6 Å². The number of benzene rings is 1. The molecule has 1 N–H and O–H groups in total. The number of carbonyl (C=O) groups is 2. The zero-order valence-corrected chi connectivity index (χ0v) is 14.8. The van der Waals surface area contributed by atoms with Crippen molar-refractivity contribution in [3.05, 3.63) is 33.9 Å². The molecule has 1 atom stereocenters. The van der Waals surface area contributed by atoms with Crippen LogP contribution in [0.3, 0.4) is 0 Å². The van der Waals surface area contributed by atoms with Crippen molar-refractivity contribution < 1.29 is 14.7 Å². The van der Waals surface area contributed by atoms with Gasteiger partial charge in [0.05, 0.1) is 12.0 Å². The Bertz CT molecular complexity index is 602. The number of likely N-dealkylation sites (tertiary alicyclic amines) is 1. The van der Waals surface area contributed by atoms with E-state index in [0.717, 1.165) is 27.8 Å². The Morgan fingerprint density at radius 3 is 2.00 bits per heavy atom. The van der Waals surface area contributed by atoms with Crippen LogP contribution in [0.1, 0.15) is 52.4 Å². The fourth-order valence-corrected chi connectivity index (χ4v) is 3.49. The van der Waals surface area contributed by atoms with E-state index in [0.29, 0.717) is 25.9 Å². The van der Waals surface area contributed by atoms with Crippen LogP contribution in [0.2, 0.25) is 0 Å². The summed E-state index contributed by atoms with van der Waals surface area (Å²) in [5.74, 6) is -0.830. The van der Waals surface area contributed by atoms with Gasteiger partial charge < -0.3 is 5.11 Å². The third-order valence-corrected chi connectivity index (χ3v) is 5.42. The van der Waals surface area contributed by atoms with E-state index in [2.05, 4.69) is 11.0 Å². The number of carboxylic acids is 1. The van der Waals surface area contributed by atoms with E-state index >= 15 is 0 Å². The zero-order valence-electron chi connectivity index (χ0n) is 14.8. The second-order valence-corrected chi connectivity index (χ2v) is 6.82. The quantitative estimate of drug-likeness (QED) is 0.866. The number of aryl methyl sites for hydroxylation is 2. The van der Waals surface area contributed by atoms with Crippen LogP contribution >= 0.6 is 0 Å². The highest BCUT2D eigenvalue weighted by molar-refractivity contribution is 6.02. The van der Waals surface area contributed by atoms with Gasteiger partial charge in [0.25, 0.3) is 0 Å². The second kappa shape index (κ2) is 6.83. The molecule has 1 aromatic carbocycles. The summed E-state index contributed by atoms with van der Waals surface area (Å²) >= 11 is 0. The largest absolute Gasteiger partial charge is 0.481 e. The highest BCUT2D eigenvalue weighted by atomic mass is 16.4. The molecule has 1 aliphatic heterocycles. The fraction of sp³-hybridized carbons (Fsp3) is 0.579. The summed E-state index contributed by atoms with van der Waals surface area (Å²) in [6.07, 6.45) is 1.25. The van der Waals surface area contributed by atoms with Crippen molar-refractivity contribution in [1.29, 1.82) is 0 Å². The highest BCUT2D eigenvalue weighted by Crippen LogP contribution is 2.26. The molecule has 0 aliphatic carbocycles. The maximum atomic E-state index is 13.0. The highest BCUT2D eigenvalue weighted by Gasteiger charge is 2.31. The predicted molar refractivity (Wildman–Crippen MR) is 91.1 cm³/mol. The molecule has 23 heavy (non-hydrogen) atoms. The molecule has 4 nitrogen and oxygen atoms in total. The first kappa shape index (κ1) is 17.7. The van der Waals surface area contributed by atoms with E-state index in [4.69, 9.17) is 5.11 Å². The van der Waals surface area contributed by atoms with E-state index in [9.17, 15) is 9.59 Å². The normalized spacial score (nSPS) is 18.0. The Balaban J connectivity index is 2.20. The van der Waals surface area contributed by atoms with Gasteiger partial charge in [-0.25, -0.2) is 0 Å². The lowest BCUT2D eigenvalue weighted by Crippen LogP contribution is -2.45. The Morgan fingerprint density at radius 2 is 1.57 bits per heavy atom. The summed E-state index contributed by atoms with van der Waals surface area (Å²) in [6.45, 7) is 11.4. The monoisotopic (exact) mass is 317 g/mol.